The minimum Gasteiger partial charge on any atom is -0.310 e. The van der Waals surface area contributed by atoms with E-state index in [2.05, 4.69) is 26.2 Å². The van der Waals surface area contributed by atoms with Crippen LogP contribution in [-0.2, 0) is 9.84 Å². The normalized spacial score (nSPS) is 25.1. The Morgan fingerprint density at radius 1 is 1.53 bits per heavy atom. The van der Waals surface area contributed by atoms with Gasteiger partial charge in [-0.05, 0) is 34.5 Å². The Morgan fingerprint density at radius 2 is 2.29 bits per heavy atom. The van der Waals surface area contributed by atoms with Crippen molar-refractivity contribution in [2.24, 2.45) is 0 Å². The molecule has 1 aliphatic rings. The summed E-state index contributed by atoms with van der Waals surface area (Å²) in [7, 11) is -3.46. The minimum atomic E-state index is -3.46. The van der Waals surface area contributed by atoms with Gasteiger partial charge in [-0.1, -0.05) is 6.07 Å². The summed E-state index contributed by atoms with van der Waals surface area (Å²) in [6, 6.07) is 4.40. The molecule has 1 fully saturated rings. The van der Waals surface area contributed by atoms with E-state index in [-0.39, 0.29) is 29.8 Å². The Bertz CT molecular complexity index is 509. The van der Waals surface area contributed by atoms with E-state index in [1.807, 2.05) is 0 Å². The van der Waals surface area contributed by atoms with Crippen molar-refractivity contribution in [1.82, 2.24) is 10.3 Å². The summed E-state index contributed by atoms with van der Waals surface area (Å²) in [6.07, 6.45) is -0.710. The van der Waals surface area contributed by atoms with Crippen molar-refractivity contribution >= 4 is 25.8 Å². The van der Waals surface area contributed by atoms with Gasteiger partial charge >= 0.3 is 0 Å². The van der Waals surface area contributed by atoms with Crippen LogP contribution in [0.15, 0.2) is 27.8 Å². The van der Waals surface area contributed by atoms with Gasteiger partial charge in [0.2, 0.25) is 0 Å². The van der Waals surface area contributed by atoms with Gasteiger partial charge in [0.1, 0.15) is 10.8 Å². The number of rotatable bonds is 3. The van der Waals surface area contributed by atoms with Crippen LogP contribution in [0.3, 0.4) is 0 Å². The fourth-order valence-corrected chi connectivity index (χ4v) is 3.75. The molecule has 0 radical (unpaired) electrons. The Labute approximate surface area is 108 Å². The van der Waals surface area contributed by atoms with Crippen molar-refractivity contribution in [3.05, 3.63) is 22.8 Å². The smallest absolute Gasteiger partial charge is 0.197 e. The average Bonchev–Trinajstić information content (AvgIpc) is 2.63. The highest BCUT2D eigenvalue weighted by atomic mass is 79.9. The fourth-order valence-electron chi connectivity index (χ4n) is 1.81. The van der Waals surface area contributed by atoms with Crippen molar-refractivity contribution < 1.29 is 12.8 Å². The monoisotopic (exact) mass is 322 g/mol. The number of nitrogens with one attached hydrogen (secondary N) is 1. The molecule has 0 saturated carbocycles. The van der Waals surface area contributed by atoms with Gasteiger partial charge < -0.3 is 5.32 Å². The van der Waals surface area contributed by atoms with Crippen LogP contribution in [0, 0.1) is 0 Å². The highest BCUT2D eigenvalue weighted by molar-refractivity contribution is 9.10. The van der Waals surface area contributed by atoms with Gasteiger partial charge in [-0.2, -0.15) is 0 Å². The van der Waals surface area contributed by atoms with Crippen LogP contribution in [0.1, 0.15) is 6.42 Å². The molecule has 1 N–H and O–H groups in total. The molecular weight excluding hydrogens is 311 g/mol. The second kappa shape index (κ2) is 4.99. The summed E-state index contributed by atoms with van der Waals surface area (Å²) >= 11 is 3.13. The van der Waals surface area contributed by atoms with E-state index < -0.39 is 16.0 Å². The molecule has 2 heterocycles. The van der Waals surface area contributed by atoms with E-state index in [1.165, 1.54) is 6.07 Å². The van der Waals surface area contributed by atoms with Gasteiger partial charge in [-0.3, -0.25) is 0 Å². The maximum absolute atomic E-state index is 12.9. The SMILES string of the molecule is O=S(=O)(C[C@@H]1C[C@@H](F)CN1)c1cccc(Br)n1. The van der Waals surface area contributed by atoms with Gasteiger partial charge in [0, 0.05) is 12.6 Å². The summed E-state index contributed by atoms with van der Waals surface area (Å²) in [4.78, 5) is 3.91. The standard InChI is InChI=1S/C10H12BrFN2O2S/c11-9-2-1-3-10(14-9)17(15,16)6-8-4-7(12)5-13-8/h1-3,7-8,13H,4-6H2/t7-,8+/m1/s1. The van der Waals surface area contributed by atoms with Gasteiger partial charge in [0.05, 0.1) is 5.75 Å². The lowest BCUT2D eigenvalue weighted by Gasteiger charge is -2.10. The van der Waals surface area contributed by atoms with E-state index in [1.54, 1.807) is 12.1 Å². The van der Waals surface area contributed by atoms with Crippen LogP contribution in [0.25, 0.3) is 0 Å². The number of alkyl halides is 1. The summed E-state index contributed by atoms with van der Waals surface area (Å²) in [5, 5.41) is 2.88. The van der Waals surface area contributed by atoms with Gasteiger partial charge in [0.25, 0.3) is 0 Å². The molecule has 0 unspecified atom stereocenters. The lowest BCUT2D eigenvalue weighted by Crippen LogP contribution is -2.30. The molecule has 0 bridgehead atoms. The van der Waals surface area contributed by atoms with E-state index >= 15 is 0 Å². The molecule has 2 atom stereocenters. The number of hydrogen-bond donors (Lipinski definition) is 1. The van der Waals surface area contributed by atoms with Crippen LogP contribution in [0.2, 0.25) is 0 Å². The molecule has 2 rings (SSSR count). The number of hydrogen-bond acceptors (Lipinski definition) is 4. The first kappa shape index (κ1) is 12.9. The predicted molar refractivity (Wildman–Crippen MR) is 65.3 cm³/mol. The molecule has 1 aliphatic heterocycles. The highest BCUT2D eigenvalue weighted by Gasteiger charge is 2.29. The first-order valence-corrected chi connectivity index (χ1v) is 7.65. The number of sulfone groups is 1. The van der Waals surface area contributed by atoms with Crippen LogP contribution in [-0.4, -0.2) is 37.9 Å². The Hall–Kier alpha value is -0.530. The van der Waals surface area contributed by atoms with Crippen molar-refractivity contribution in [1.29, 1.82) is 0 Å². The molecule has 4 nitrogen and oxygen atoms in total. The van der Waals surface area contributed by atoms with Crippen LogP contribution < -0.4 is 5.32 Å². The van der Waals surface area contributed by atoms with Crippen LogP contribution >= 0.6 is 15.9 Å². The molecule has 7 heteroatoms. The molecule has 0 spiro atoms. The van der Waals surface area contributed by atoms with Crippen LogP contribution in [0.5, 0.6) is 0 Å². The third-order valence-electron chi connectivity index (χ3n) is 2.60. The van der Waals surface area contributed by atoms with Crippen LogP contribution in [0.4, 0.5) is 4.39 Å². The number of nitrogens with zero attached hydrogens (tertiary/aromatic N) is 1. The van der Waals surface area contributed by atoms with Crippen molar-refractivity contribution in [2.45, 2.75) is 23.7 Å². The number of pyridine rings is 1. The van der Waals surface area contributed by atoms with Gasteiger partial charge in [0.15, 0.2) is 14.9 Å². The zero-order valence-electron chi connectivity index (χ0n) is 8.94. The average molecular weight is 323 g/mol. The van der Waals surface area contributed by atoms with Crippen molar-refractivity contribution in [3.63, 3.8) is 0 Å². The molecule has 0 aromatic carbocycles. The summed E-state index contributed by atoms with van der Waals surface area (Å²) in [5.74, 6) is -0.114. The maximum Gasteiger partial charge on any atom is 0.197 e. The van der Waals surface area contributed by atoms with Crippen molar-refractivity contribution in [3.8, 4) is 0 Å². The predicted octanol–water partition coefficient (Wildman–Crippen LogP) is 1.32. The molecule has 0 aliphatic carbocycles. The second-order valence-electron chi connectivity index (χ2n) is 4.02. The first-order valence-electron chi connectivity index (χ1n) is 5.20. The fraction of sp³-hybridized carbons (Fsp3) is 0.500. The summed E-state index contributed by atoms with van der Waals surface area (Å²) < 4.78 is 37.4. The summed E-state index contributed by atoms with van der Waals surface area (Å²) in [5.41, 5.74) is 0. The Balaban J connectivity index is 2.14. The zero-order chi connectivity index (χ0) is 12.5. The molecule has 94 valence electrons. The second-order valence-corrected chi connectivity index (χ2v) is 6.81. The molecule has 0 amide bonds. The topological polar surface area (TPSA) is 59.1 Å². The van der Waals surface area contributed by atoms with E-state index in [0.29, 0.717) is 4.60 Å². The zero-order valence-corrected chi connectivity index (χ0v) is 11.3. The van der Waals surface area contributed by atoms with Gasteiger partial charge in [-0.25, -0.2) is 17.8 Å². The molecule has 1 aromatic heterocycles. The summed E-state index contributed by atoms with van der Waals surface area (Å²) in [6.45, 7) is 0.228. The third-order valence-corrected chi connectivity index (χ3v) is 4.74. The highest BCUT2D eigenvalue weighted by Crippen LogP contribution is 2.17. The molecular formula is C10H12BrFN2O2S. The third kappa shape index (κ3) is 3.23. The van der Waals surface area contributed by atoms with E-state index in [9.17, 15) is 12.8 Å². The minimum absolute atomic E-state index is 0.0241. The van der Waals surface area contributed by atoms with E-state index in [0.717, 1.165) is 0 Å². The lowest BCUT2D eigenvalue weighted by molar-refractivity contribution is 0.357. The lowest BCUT2D eigenvalue weighted by atomic mass is 10.2. The first-order chi connectivity index (χ1) is 7.97. The maximum atomic E-state index is 12.9. The Kier molecular flexibility index (Phi) is 3.79. The molecule has 17 heavy (non-hydrogen) atoms. The number of aromatic nitrogens is 1. The Morgan fingerprint density at radius 3 is 2.88 bits per heavy atom. The number of halogens is 2. The van der Waals surface area contributed by atoms with Crippen molar-refractivity contribution in [2.75, 3.05) is 12.3 Å². The van der Waals surface area contributed by atoms with E-state index in [4.69, 9.17) is 0 Å². The van der Waals surface area contributed by atoms with Gasteiger partial charge in [-0.15, -0.1) is 0 Å². The largest absolute Gasteiger partial charge is 0.310 e. The molecule has 1 aromatic rings. The molecule has 1 saturated heterocycles. The quantitative estimate of drug-likeness (QED) is 0.853.